The highest BCUT2D eigenvalue weighted by molar-refractivity contribution is 7.89. The van der Waals surface area contributed by atoms with Crippen LogP contribution >= 0.6 is 0 Å². The van der Waals surface area contributed by atoms with E-state index in [0.29, 0.717) is 5.56 Å². The fourth-order valence-electron chi connectivity index (χ4n) is 2.72. The van der Waals surface area contributed by atoms with Crippen LogP contribution in [0.3, 0.4) is 0 Å². The van der Waals surface area contributed by atoms with Crippen LogP contribution in [0.15, 0.2) is 46.1 Å². The summed E-state index contributed by atoms with van der Waals surface area (Å²) in [4.78, 5) is 7.69. The van der Waals surface area contributed by atoms with Gasteiger partial charge in [-0.1, -0.05) is 19.0 Å². The molecule has 2 heterocycles. The van der Waals surface area contributed by atoms with E-state index in [9.17, 15) is 12.8 Å². The summed E-state index contributed by atoms with van der Waals surface area (Å²) < 4.78 is 58.2. The molecule has 1 N–H and O–H groups in total. The fraction of sp³-hybridized carbons (Fsp3) is 0.316. The number of ether oxygens (including phenoxy) is 2. The second kappa shape index (κ2) is 8.76. The van der Waals surface area contributed by atoms with Crippen molar-refractivity contribution in [1.82, 2.24) is 19.8 Å². The van der Waals surface area contributed by atoms with E-state index >= 15 is 0 Å². The van der Waals surface area contributed by atoms with E-state index in [0.717, 1.165) is 12.1 Å². The summed E-state index contributed by atoms with van der Waals surface area (Å²) in [5.41, 5.74) is 0.615. The molecular weight excluding hydrogens is 415 g/mol. The maximum atomic E-state index is 14.5. The van der Waals surface area contributed by atoms with Gasteiger partial charge < -0.3 is 14.0 Å². The summed E-state index contributed by atoms with van der Waals surface area (Å²) in [7, 11) is -1.64. The summed E-state index contributed by atoms with van der Waals surface area (Å²) >= 11 is 0. The zero-order valence-corrected chi connectivity index (χ0v) is 17.6. The summed E-state index contributed by atoms with van der Waals surface area (Å²) in [5.74, 6) is -0.785. The normalized spacial score (nSPS) is 12.7. The van der Waals surface area contributed by atoms with Crippen molar-refractivity contribution >= 4 is 10.0 Å². The van der Waals surface area contributed by atoms with E-state index in [-0.39, 0.29) is 29.1 Å². The predicted octanol–water partition coefficient (Wildman–Crippen LogP) is 2.96. The largest absolute Gasteiger partial charge is 0.493 e. The average molecular weight is 436 g/mol. The number of halogens is 1. The number of rotatable bonds is 8. The smallest absolute Gasteiger partial charge is 0.245 e. The Morgan fingerprint density at radius 2 is 1.87 bits per heavy atom. The van der Waals surface area contributed by atoms with Crippen molar-refractivity contribution in [2.45, 2.75) is 24.8 Å². The molecule has 0 amide bonds. The number of hydrogen-bond donors (Lipinski definition) is 1. The number of methoxy groups -OCH3 is 2. The van der Waals surface area contributed by atoms with E-state index in [2.05, 4.69) is 19.8 Å². The quantitative estimate of drug-likeness (QED) is 0.573. The number of benzene rings is 1. The SMILES string of the molecule is COc1cc(F)c(S(=O)(=O)NC(c2nc(-c3cccnc3)no2)C(C)C)cc1OC. The average Bonchev–Trinajstić information content (AvgIpc) is 3.22. The predicted molar refractivity (Wildman–Crippen MR) is 105 cm³/mol. The number of pyridine rings is 1. The Balaban J connectivity index is 1.95. The molecule has 3 aromatic rings. The van der Waals surface area contributed by atoms with Crippen LogP contribution in [0, 0.1) is 11.7 Å². The molecule has 0 radical (unpaired) electrons. The monoisotopic (exact) mass is 436 g/mol. The number of nitrogens with zero attached hydrogens (tertiary/aromatic N) is 3. The molecule has 1 unspecified atom stereocenters. The first-order valence-corrected chi connectivity index (χ1v) is 10.4. The van der Waals surface area contributed by atoms with Gasteiger partial charge >= 0.3 is 0 Å². The minimum Gasteiger partial charge on any atom is -0.493 e. The van der Waals surface area contributed by atoms with Crippen LogP contribution in [-0.2, 0) is 10.0 Å². The van der Waals surface area contributed by atoms with Crippen molar-refractivity contribution in [2.75, 3.05) is 14.2 Å². The van der Waals surface area contributed by atoms with Gasteiger partial charge in [0.2, 0.25) is 21.7 Å². The Labute approximate surface area is 173 Å². The van der Waals surface area contributed by atoms with E-state index in [1.54, 1.807) is 38.4 Å². The van der Waals surface area contributed by atoms with Crippen molar-refractivity contribution in [3.05, 3.63) is 48.4 Å². The molecule has 3 rings (SSSR count). The van der Waals surface area contributed by atoms with Gasteiger partial charge in [0.05, 0.1) is 14.2 Å². The lowest BCUT2D eigenvalue weighted by Crippen LogP contribution is -2.32. The highest BCUT2D eigenvalue weighted by Gasteiger charge is 2.31. The van der Waals surface area contributed by atoms with Crippen LogP contribution in [0.2, 0.25) is 0 Å². The molecule has 0 bridgehead atoms. The Bertz CT molecular complexity index is 1120. The minimum atomic E-state index is -4.30. The van der Waals surface area contributed by atoms with Crippen LogP contribution in [-0.4, -0.2) is 37.8 Å². The molecule has 11 heteroatoms. The van der Waals surface area contributed by atoms with Gasteiger partial charge in [-0.3, -0.25) is 4.98 Å². The minimum absolute atomic E-state index is 0.0494. The first-order valence-electron chi connectivity index (χ1n) is 8.94. The molecule has 9 nitrogen and oxygen atoms in total. The zero-order chi connectivity index (χ0) is 21.9. The molecular formula is C19H21FN4O5S. The highest BCUT2D eigenvalue weighted by atomic mass is 32.2. The molecule has 0 saturated carbocycles. The number of aromatic nitrogens is 3. The van der Waals surface area contributed by atoms with Crippen molar-refractivity contribution in [3.8, 4) is 22.9 Å². The first-order chi connectivity index (χ1) is 14.3. The maximum absolute atomic E-state index is 14.5. The van der Waals surface area contributed by atoms with Gasteiger partial charge in [0.15, 0.2) is 11.5 Å². The molecule has 0 spiro atoms. The van der Waals surface area contributed by atoms with Crippen LogP contribution in [0.1, 0.15) is 25.8 Å². The van der Waals surface area contributed by atoms with E-state index in [1.165, 1.54) is 14.2 Å². The van der Waals surface area contributed by atoms with Gasteiger partial charge in [-0.05, 0) is 18.1 Å². The lowest BCUT2D eigenvalue weighted by atomic mass is 10.1. The van der Waals surface area contributed by atoms with Crippen LogP contribution in [0.5, 0.6) is 11.5 Å². The van der Waals surface area contributed by atoms with Crippen molar-refractivity contribution in [3.63, 3.8) is 0 Å². The zero-order valence-electron chi connectivity index (χ0n) is 16.8. The summed E-state index contributed by atoms with van der Waals surface area (Å²) in [6.45, 7) is 3.54. The Morgan fingerprint density at radius 3 is 2.47 bits per heavy atom. The number of hydrogen-bond acceptors (Lipinski definition) is 8. The molecule has 0 aliphatic carbocycles. The number of sulfonamides is 1. The Morgan fingerprint density at radius 1 is 1.17 bits per heavy atom. The van der Waals surface area contributed by atoms with Gasteiger partial charge in [0.1, 0.15) is 16.8 Å². The summed E-state index contributed by atoms with van der Waals surface area (Å²) in [5, 5.41) is 3.89. The molecule has 0 aliphatic rings. The summed E-state index contributed by atoms with van der Waals surface area (Å²) in [6, 6.07) is 4.58. The molecule has 1 atom stereocenters. The highest BCUT2D eigenvalue weighted by Crippen LogP contribution is 2.33. The molecule has 0 saturated heterocycles. The molecule has 0 aliphatic heterocycles. The Kier molecular flexibility index (Phi) is 6.32. The van der Waals surface area contributed by atoms with Crippen molar-refractivity contribution in [2.24, 2.45) is 5.92 Å². The second-order valence-corrected chi connectivity index (χ2v) is 8.36. The third-order valence-corrected chi connectivity index (χ3v) is 5.76. The maximum Gasteiger partial charge on any atom is 0.245 e. The lowest BCUT2D eigenvalue weighted by Gasteiger charge is -2.19. The van der Waals surface area contributed by atoms with Crippen LogP contribution < -0.4 is 14.2 Å². The third-order valence-electron chi connectivity index (χ3n) is 4.30. The molecule has 0 fully saturated rings. The van der Waals surface area contributed by atoms with Crippen molar-refractivity contribution < 1.29 is 26.8 Å². The fourth-order valence-corrected chi connectivity index (χ4v) is 4.13. The van der Waals surface area contributed by atoms with Crippen LogP contribution in [0.25, 0.3) is 11.4 Å². The number of nitrogens with one attached hydrogen (secondary N) is 1. The molecule has 160 valence electrons. The Hall–Kier alpha value is -3.05. The van der Waals surface area contributed by atoms with E-state index < -0.39 is 26.8 Å². The van der Waals surface area contributed by atoms with Crippen molar-refractivity contribution in [1.29, 1.82) is 0 Å². The molecule has 2 aromatic heterocycles. The molecule has 30 heavy (non-hydrogen) atoms. The topological polar surface area (TPSA) is 116 Å². The van der Waals surface area contributed by atoms with Gasteiger partial charge in [0, 0.05) is 30.1 Å². The lowest BCUT2D eigenvalue weighted by molar-refractivity contribution is 0.311. The summed E-state index contributed by atoms with van der Waals surface area (Å²) in [6.07, 6.45) is 3.16. The first kappa shape index (κ1) is 21.7. The van der Waals surface area contributed by atoms with E-state index in [4.69, 9.17) is 14.0 Å². The van der Waals surface area contributed by atoms with Gasteiger partial charge in [-0.25, -0.2) is 12.8 Å². The third kappa shape index (κ3) is 4.41. The van der Waals surface area contributed by atoms with Gasteiger partial charge in [-0.2, -0.15) is 9.71 Å². The standard InChI is InChI=1S/C19H21FN4O5S/c1-11(2)17(19-22-18(23-29-19)12-6-5-7-21-10-12)24-30(25,26)16-9-15(28-4)14(27-3)8-13(16)20/h5-11,17,24H,1-4H3. The second-order valence-electron chi connectivity index (χ2n) is 6.68. The van der Waals surface area contributed by atoms with Crippen LogP contribution in [0.4, 0.5) is 4.39 Å². The van der Waals surface area contributed by atoms with E-state index in [1.807, 2.05) is 0 Å². The van der Waals surface area contributed by atoms with Gasteiger partial charge in [0.25, 0.3) is 0 Å². The van der Waals surface area contributed by atoms with Gasteiger partial charge in [-0.15, -0.1) is 0 Å². The molecule has 1 aromatic carbocycles.